The Morgan fingerprint density at radius 3 is 2.19 bits per heavy atom. The molecule has 1 aliphatic heterocycles. The summed E-state index contributed by atoms with van der Waals surface area (Å²) in [7, 11) is -4.15. The van der Waals surface area contributed by atoms with Gasteiger partial charge in [0.25, 0.3) is 0 Å². The first kappa shape index (κ1) is 21.0. The first-order valence-electron chi connectivity index (χ1n) is 7.87. The minimum absolute atomic E-state index is 0.0393. The van der Waals surface area contributed by atoms with E-state index in [0.29, 0.717) is 12.5 Å². The molecule has 1 unspecified atom stereocenters. The summed E-state index contributed by atoms with van der Waals surface area (Å²) in [5, 5.41) is -0.577. The third-order valence-electron chi connectivity index (χ3n) is 4.56. The monoisotopic (exact) mass is 464 g/mol. The summed E-state index contributed by atoms with van der Waals surface area (Å²) in [5.74, 6) is -0.752. The topological polar surface area (TPSA) is 57.7 Å². The molecule has 1 aromatic carbocycles. The zero-order valence-corrected chi connectivity index (χ0v) is 16.7. The molecule has 2 aliphatic rings. The van der Waals surface area contributed by atoms with Crippen molar-refractivity contribution >= 4 is 50.7 Å². The van der Waals surface area contributed by atoms with Crippen LogP contribution >= 0.6 is 34.8 Å². The summed E-state index contributed by atoms with van der Waals surface area (Å²) in [5.41, 5.74) is -1.21. The Hall–Kier alpha value is -0.740. The Morgan fingerprint density at radius 2 is 1.70 bits per heavy atom. The van der Waals surface area contributed by atoms with Gasteiger partial charge in [-0.25, -0.2) is 8.42 Å². The largest absolute Gasteiger partial charge is 0.417 e. The zero-order chi connectivity index (χ0) is 20.2. The highest BCUT2D eigenvalue weighted by Crippen LogP contribution is 2.54. The Morgan fingerprint density at radius 1 is 1.15 bits per heavy atom. The standard InChI is InChI=1S/C15H14Cl3F3N2O3S/c16-12-2-1-9(7-10(12)15(19,20)21)27(25,26)23-5-3-22(4-6-23)13(24)11-8-14(11,17)18/h1-2,7,11H,3-6,8H2. The second kappa shape index (κ2) is 6.95. The zero-order valence-electron chi connectivity index (χ0n) is 13.6. The third kappa shape index (κ3) is 4.17. The lowest BCUT2D eigenvalue weighted by atomic mass is 10.2. The molecule has 1 atom stereocenters. The Kier molecular flexibility index (Phi) is 5.40. The molecule has 1 saturated carbocycles. The van der Waals surface area contributed by atoms with Gasteiger partial charge < -0.3 is 4.90 Å². The lowest BCUT2D eigenvalue weighted by Crippen LogP contribution is -2.51. The predicted octanol–water partition coefficient (Wildman–Crippen LogP) is 3.39. The number of rotatable bonds is 3. The summed E-state index contributed by atoms with van der Waals surface area (Å²) < 4.78 is 64.3. The van der Waals surface area contributed by atoms with Crippen molar-refractivity contribution in [2.24, 2.45) is 5.92 Å². The molecule has 1 aliphatic carbocycles. The highest BCUT2D eigenvalue weighted by atomic mass is 35.5. The summed E-state index contributed by atoms with van der Waals surface area (Å²) in [4.78, 5) is 13.2. The van der Waals surface area contributed by atoms with Crippen molar-refractivity contribution in [1.29, 1.82) is 0 Å². The maximum atomic E-state index is 13.0. The van der Waals surface area contributed by atoms with E-state index in [9.17, 15) is 26.4 Å². The number of amides is 1. The van der Waals surface area contributed by atoms with Crippen molar-refractivity contribution in [2.75, 3.05) is 26.2 Å². The molecule has 0 bridgehead atoms. The van der Waals surface area contributed by atoms with Gasteiger partial charge in [0.2, 0.25) is 15.9 Å². The third-order valence-corrected chi connectivity index (χ3v) is 7.62. The van der Waals surface area contributed by atoms with Crippen LogP contribution in [0.25, 0.3) is 0 Å². The molecule has 150 valence electrons. The number of hydrogen-bond acceptors (Lipinski definition) is 3. The Bertz CT molecular complexity index is 869. The summed E-state index contributed by atoms with van der Waals surface area (Å²) in [6.07, 6.45) is -4.42. The van der Waals surface area contributed by atoms with Crippen LogP contribution in [-0.2, 0) is 21.0 Å². The number of carbonyl (C=O) groups is 1. The average Bonchev–Trinajstić information content (AvgIpc) is 3.22. The highest BCUT2D eigenvalue weighted by molar-refractivity contribution is 7.89. The fourth-order valence-electron chi connectivity index (χ4n) is 2.88. The van der Waals surface area contributed by atoms with Gasteiger partial charge in [0, 0.05) is 26.2 Å². The minimum Gasteiger partial charge on any atom is -0.340 e. The van der Waals surface area contributed by atoms with E-state index in [1.807, 2.05) is 0 Å². The van der Waals surface area contributed by atoms with Crippen LogP contribution in [0, 0.1) is 5.92 Å². The van der Waals surface area contributed by atoms with Gasteiger partial charge in [-0.1, -0.05) is 11.6 Å². The maximum Gasteiger partial charge on any atom is 0.417 e. The van der Waals surface area contributed by atoms with Crippen LogP contribution in [0.4, 0.5) is 13.2 Å². The van der Waals surface area contributed by atoms with E-state index in [1.54, 1.807) is 0 Å². The molecule has 0 aromatic heterocycles. The summed E-state index contributed by atoms with van der Waals surface area (Å²) >= 11 is 17.3. The normalized spacial score (nSPS) is 23.3. The molecule has 0 spiro atoms. The summed E-state index contributed by atoms with van der Waals surface area (Å²) in [6, 6.07) is 2.46. The van der Waals surface area contributed by atoms with E-state index in [-0.39, 0.29) is 32.1 Å². The lowest BCUT2D eigenvalue weighted by Gasteiger charge is -2.34. The van der Waals surface area contributed by atoms with Gasteiger partial charge in [-0.05, 0) is 24.6 Å². The van der Waals surface area contributed by atoms with Crippen molar-refractivity contribution in [2.45, 2.75) is 21.8 Å². The average molecular weight is 466 g/mol. The molecule has 1 heterocycles. The molecule has 1 saturated heterocycles. The molecule has 5 nitrogen and oxygen atoms in total. The van der Waals surface area contributed by atoms with Gasteiger partial charge in [0.15, 0.2) is 0 Å². The predicted molar refractivity (Wildman–Crippen MR) is 94.3 cm³/mol. The molecule has 1 amide bonds. The van der Waals surface area contributed by atoms with Gasteiger partial charge in [-0.15, -0.1) is 23.2 Å². The molecule has 1 aromatic rings. The van der Waals surface area contributed by atoms with E-state index in [0.717, 1.165) is 16.4 Å². The van der Waals surface area contributed by atoms with Crippen LogP contribution in [0.5, 0.6) is 0 Å². The van der Waals surface area contributed by atoms with Crippen LogP contribution in [-0.4, -0.2) is 54.0 Å². The van der Waals surface area contributed by atoms with E-state index < -0.39 is 41.9 Å². The smallest absolute Gasteiger partial charge is 0.340 e. The van der Waals surface area contributed by atoms with Crippen molar-refractivity contribution in [3.8, 4) is 0 Å². The fraction of sp³-hybridized carbons (Fsp3) is 0.533. The van der Waals surface area contributed by atoms with Crippen LogP contribution < -0.4 is 0 Å². The van der Waals surface area contributed by atoms with Crippen molar-refractivity contribution < 1.29 is 26.4 Å². The molecular weight excluding hydrogens is 452 g/mol. The molecule has 12 heteroatoms. The van der Waals surface area contributed by atoms with Gasteiger partial charge in [0.05, 0.1) is 21.4 Å². The highest BCUT2D eigenvalue weighted by Gasteiger charge is 2.57. The molecule has 0 radical (unpaired) electrons. The molecular formula is C15H14Cl3F3N2O3S. The number of carbonyl (C=O) groups excluding carboxylic acids is 1. The number of hydrogen-bond donors (Lipinski definition) is 0. The SMILES string of the molecule is O=C(C1CC1(Cl)Cl)N1CCN(S(=O)(=O)c2ccc(Cl)c(C(F)(F)F)c2)CC1. The number of alkyl halides is 5. The molecule has 2 fully saturated rings. The quantitative estimate of drug-likeness (QED) is 0.643. The number of sulfonamides is 1. The maximum absolute atomic E-state index is 13.0. The van der Waals surface area contributed by atoms with Crippen molar-refractivity contribution in [3.05, 3.63) is 28.8 Å². The summed E-state index contributed by atoms with van der Waals surface area (Å²) in [6.45, 7) is 0.140. The van der Waals surface area contributed by atoms with E-state index in [2.05, 4.69) is 0 Å². The van der Waals surface area contributed by atoms with Crippen LogP contribution in [0.2, 0.25) is 5.02 Å². The second-order valence-corrected chi connectivity index (χ2v) is 10.3. The van der Waals surface area contributed by atoms with Gasteiger partial charge >= 0.3 is 6.18 Å². The van der Waals surface area contributed by atoms with Crippen LogP contribution in [0.3, 0.4) is 0 Å². The van der Waals surface area contributed by atoms with Crippen molar-refractivity contribution in [3.63, 3.8) is 0 Å². The molecule has 27 heavy (non-hydrogen) atoms. The van der Waals surface area contributed by atoms with Gasteiger partial charge in [-0.3, -0.25) is 4.79 Å². The number of benzene rings is 1. The second-order valence-electron chi connectivity index (χ2n) is 6.39. The first-order valence-corrected chi connectivity index (χ1v) is 10.4. The first-order chi connectivity index (χ1) is 12.3. The van der Waals surface area contributed by atoms with Crippen LogP contribution in [0.15, 0.2) is 23.1 Å². The van der Waals surface area contributed by atoms with E-state index >= 15 is 0 Å². The Labute approximate surface area is 169 Å². The van der Waals surface area contributed by atoms with Gasteiger partial charge in [-0.2, -0.15) is 17.5 Å². The fourth-order valence-corrected chi connectivity index (χ4v) is 5.05. The van der Waals surface area contributed by atoms with E-state index in [4.69, 9.17) is 34.8 Å². The lowest BCUT2D eigenvalue weighted by molar-refractivity contribution is -0.137. The molecule has 0 N–H and O–H groups in total. The number of halogens is 6. The number of nitrogens with zero attached hydrogens (tertiary/aromatic N) is 2. The number of piperazine rings is 1. The Balaban J connectivity index is 1.73. The van der Waals surface area contributed by atoms with Gasteiger partial charge in [0.1, 0.15) is 4.33 Å². The van der Waals surface area contributed by atoms with Crippen LogP contribution in [0.1, 0.15) is 12.0 Å². The van der Waals surface area contributed by atoms with Crippen molar-refractivity contribution in [1.82, 2.24) is 9.21 Å². The molecule has 3 rings (SSSR count). The van der Waals surface area contributed by atoms with E-state index in [1.165, 1.54) is 4.90 Å². The minimum atomic E-state index is -4.77.